The van der Waals surface area contributed by atoms with Crippen LogP contribution in [0.2, 0.25) is 0 Å². The summed E-state index contributed by atoms with van der Waals surface area (Å²) < 4.78 is 13.3. The number of nitrogens with zero attached hydrogens (tertiary/aromatic N) is 1. The van der Waals surface area contributed by atoms with Gasteiger partial charge in [-0.2, -0.15) is 0 Å². The lowest BCUT2D eigenvalue weighted by Crippen LogP contribution is -2.36. The minimum absolute atomic E-state index is 0.146. The number of hydrogen-bond donors (Lipinski definition) is 3. The maximum atomic E-state index is 13.3. The summed E-state index contributed by atoms with van der Waals surface area (Å²) in [5.74, 6) is 0.470. The smallest absolute Gasteiger partial charge is 0.196 e. The van der Waals surface area contributed by atoms with Gasteiger partial charge in [-0.05, 0) is 61.2 Å². The number of halogens is 1. The number of anilines is 1. The number of hydrogen-bond acceptors (Lipinski definition) is 2. The summed E-state index contributed by atoms with van der Waals surface area (Å²) in [6, 6.07) is 22.1. The van der Waals surface area contributed by atoms with Gasteiger partial charge in [0.05, 0.1) is 5.69 Å². The fraction of sp³-hybridized carbons (Fsp3) is 0.208. The highest BCUT2D eigenvalue weighted by atomic mass is 19.1. The molecule has 0 aliphatic rings. The average Bonchev–Trinajstić information content (AvgIpc) is 2.70. The molecule has 0 aliphatic carbocycles. The quantitative estimate of drug-likeness (QED) is 0.307. The summed E-state index contributed by atoms with van der Waals surface area (Å²) in [6.07, 6.45) is 0.624. The van der Waals surface area contributed by atoms with Crippen molar-refractivity contribution in [3.05, 3.63) is 84.2 Å². The van der Waals surface area contributed by atoms with E-state index in [0.29, 0.717) is 24.6 Å². The average molecular weight is 391 g/mol. The van der Waals surface area contributed by atoms with Crippen LogP contribution in [-0.2, 0) is 6.42 Å². The van der Waals surface area contributed by atoms with Crippen LogP contribution in [0.1, 0.15) is 19.4 Å². The zero-order valence-corrected chi connectivity index (χ0v) is 16.7. The molecule has 0 radical (unpaired) electrons. The first-order valence-corrected chi connectivity index (χ1v) is 9.72. The third kappa shape index (κ3) is 6.07. The number of benzene rings is 3. The molecule has 0 saturated heterocycles. The van der Waals surface area contributed by atoms with Crippen molar-refractivity contribution in [2.45, 2.75) is 26.3 Å². The number of guanidine groups is 1. The van der Waals surface area contributed by atoms with Gasteiger partial charge < -0.3 is 15.7 Å². The fourth-order valence-electron chi connectivity index (χ4n) is 2.96. The van der Waals surface area contributed by atoms with E-state index in [4.69, 9.17) is 0 Å². The van der Waals surface area contributed by atoms with Crippen LogP contribution < -0.4 is 10.6 Å². The van der Waals surface area contributed by atoms with E-state index in [9.17, 15) is 9.50 Å². The molecule has 0 aliphatic heterocycles. The van der Waals surface area contributed by atoms with E-state index in [2.05, 4.69) is 15.6 Å². The van der Waals surface area contributed by atoms with Crippen LogP contribution in [0.25, 0.3) is 11.1 Å². The molecule has 3 N–H and O–H groups in total. The molecule has 0 unspecified atom stereocenters. The normalized spacial score (nSPS) is 11.5. The van der Waals surface area contributed by atoms with Gasteiger partial charge in [-0.3, -0.25) is 4.99 Å². The molecule has 3 aromatic rings. The van der Waals surface area contributed by atoms with Gasteiger partial charge in [0, 0.05) is 12.6 Å². The lowest BCUT2D eigenvalue weighted by Gasteiger charge is -2.17. The molecule has 3 rings (SSSR count). The van der Waals surface area contributed by atoms with Crippen LogP contribution in [0, 0.1) is 5.82 Å². The second kappa shape index (κ2) is 9.73. The number of aromatic hydroxyl groups is 1. The molecule has 0 bridgehead atoms. The Balaban J connectivity index is 1.77. The molecule has 0 amide bonds. The Hall–Kier alpha value is -3.34. The Labute approximate surface area is 171 Å². The van der Waals surface area contributed by atoms with Crippen LogP contribution >= 0.6 is 0 Å². The fourth-order valence-corrected chi connectivity index (χ4v) is 2.96. The predicted molar refractivity (Wildman–Crippen MR) is 118 cm³/mol. The summed E-state index contributed by atoms with van der Waals surface area (Å²) in [5, 5.41) is 16.8. The molecule has 5 heteroatoms. The van der Waals surface area contributed by atoms with Crippen molar-refractivity contribution in [2.24, 2.45) is 4.99 Å². The van der Waals surface area contributed by atoms with Crippen LogP contribution in [0.3, 0.4) is 0 Å². The summed E-state index contributed by atoms with van der Waals surface area (Å²) in [4.78, 5) is 4.59. The number of aliphatic imine (C=N–C) groups is 1. The summed E-state index contributed by atoms with van der Waals surface area (Å²) in [6.45, 7) is 4.53. The first kappa shape index (κ1) is 20.4. The van der Waals surface area contributed by atoms with E-state index < -0.39 is 0 Å². The molecule has 4 nitrogen and oxygen atoms in total. The van der Waals surface area contributed by atoms with E-state index in [1.54, 1.807) is 12.1 Å². The van der Waals surface area contributed by atoms with Crippen LogP contribution in [-0.4, -0.2) is 23.7 Å². The van der Waals surface area contributed by atoms with Crippen molar-refractivity contribution >= 4 is 11.6 Å². The van der Waals surface area contributed by atoms with E-state index in [1.165, 1.54) is 12.1 Å². The third-order valence-corrected chi connectivity index (χ3v) is 4.34. The standard InChI is InChI=1S/C24H26FN3O/c1-17(2)27-24(26-14-13-18-7-6-10-21(25)15-18)28-22-16-20(11-12-23(22)29)19-8-4-3-5-9-19/h3-12,15-17,29H,13-14H2,1-2H3,(H2,26,27,28). The van der Waals surface area contributed by atoms with E-state index in [0.717, 1.165) is 16.7 Å². The third-order valence-electron chi connectivity index (χ3n) is 4.34. The van der Waals surface area contributed by atoms with Crippen molar-refractivity contribution in [3.63, 3.8) is 0 Å². The summed E-state index contributed by atoms with van der Waals surface area (Å²) in [7, 11) is 0. The number of phenols is 1. The largest absolute Gasteiger partial charge is 0.506 e. The highest BCUT2D eigenvalue weighted by molar-refractivity contribution is 5.95. The van der Waals surface area contributed by atoms with Gasteiger partial charge in [-0.25, -0.2) is 4.39 Å². The molecular formula is C24H26FN3O. The molecule has 29 heavy (non-hydrogen) atoms. The number of rotatable bonds is 6. The first-order valence-electron chi connectivity index (χ1n) is 9.72. The highest BCUT2D eigenvalue weighted by Gasteiger charge is 2.08. The zero-order valence-electron chi connectivity index (χ0n) is 16.7. The minimum atomic E-state index is -0.243. The lowest BCUT2D eigenvalue weighted by molar-refractivity contribution is 0.478. The van der Waals surface area contributed by atoms with Crippen molar-refractivity contribution in [1.29, 1.82) is 0 Å². The zero-order chi connectivity index (χ0) is 20.6. The van der Waals surface area contributed by atoms with Gasteiger partial charge in [-0.1, -0.05) is 48.5 Å². The second-order valence-electron chi connectivity index (χ2n) is 7.13. The molecule has 0 fully saturated rings. The van der Waals surface area contributed by atoms with Gasteiger partial charge in [-0.15, -0.1) is 0 Å². The van der Waals surface area contributed by atoms with Crippen molar-refractivity contribution in [2.75, 3.05) is 11.9 Å². The molecule has 0 aromatic heterocycles. The lowest BCUT2D eigenvalue weighted by atomic mass is 10.0. The van der Waals surface area contributed by atoms with Gasteiger partial charge in [0.1, 0.15) is 11.6 Å². The molecular weight excluding hydrogens is 365 g/mol. The molecule has 0 spiro atoms. The number of phenolic OH excluding ortho intramolecular Hbond substituents is 1. The van der Waals surface area contributed by atoms with E-state index in [-0.39, 0.29) is 17.6 Å². The Bertz CT molecular complexity index is 971. The van der Waals surface area contributed by atoms with Gasteiger partial charge >= 0.3 is 0 Å². The molecule has 0 heterocycles. The Morgan fingerprint density at radius 2 is 1.76 bits per heavy atom. The molecule has 0 saturated carbocycles. The Morgan fingerprint density at radius 1 is 0.966 bits per heavy atom. The van der Waals surface area contributed by atoms with Gasteiger partial charge in [0.2, 0.25) is 0 Å². The Morgan fingerprint density at radius 3 is 2.48 bits per heavy atom. The van der Waals surface area contributed by atoms with E-state index >= 15 is 0 Å². The Kier molecular flexibility index (Phi) is 6.85. The molecule has 150 valence electrons. The van der Waals surface area contributed by atoms with Crippen LogP contribution in [0.4, 0.5) is 10.1 Å². The number of nitrogens with one attached hydrogen (secondary N) is 2. The summed E-state index contributed by atoms with van der Waals surface area (Å²) in [5.41, 5.74) is 3.53. The monoisotopic (exact) mass is 391 g/mol. The van der Waals surface area contributed by atoms with Gasteiger partial charge in [0.25, 0.3) is 0 Å². The predicted octanol–water partition coefficient (Wildman–Crippen LogP) is 5.21. The van der Waals surface area contributed by atoms with Gasteiger partial charge in [0.15, 0.2) is 5.96 Å². The first-order chi connectivity index (χ1) is 14.0. The van der Waals surface area contributed by atoms with E-state index in [1.807, 2.05) is 62.4 Å². The van der Waals surface area contributed by atoms with Crippen molar-refractivity contribution in [3.8, 4) is 16.9 Å². The minimum Gasteiger partial charge on any atom is -0.506 e. The van der Waals surface area contributed by atoms with Crippen molar-refractivity contribution < 1.29 is 9.50 Å². The molecule has 0 atom stereocenters. The SMILES string of the molecule is CC(C)NC(=NCCc1cccc(F)c1)Nc1cc(-c2ccccc2)ccc1O. The second-order valence-corrected chi connectivity index (χ2v) is 7.13. The maximum absolute atomic E-state index is 13.3. The summed E-state index contributed by atoms with van der Waals surface area (Å²) >= 11 is 0. The topological polar surface area (TPSA) is 56.7 Å². The maximum Gasteiger partial charge on any atom is 0.196 e. The van der Waals surface area contributed by atoms with Crippen LogP contribution in [0.15, 0.2) is 77.8 Å². The van der Waals surface area contributed by atoms with Crippen LogP contribution in [0.5, 0.6) is 5.75 Å². The highest BCUT2D eigenvalue weighted by Crippen LogP contribution is 2.29. The van der Waals surface area contributed by atoms with Crippen molar-refractivity contribution in [1.82, 2.24) is 5.32 Å². The molecule has 3 aromatic carbocycles.